The maximum absolute atomic E-state index is 13.5. The van der Waals surface area contributed by atoms with Gasteiger partial charge in [-0.2, -0.15) is 0 Å². The average Bonchev–Trinajstić information content (AvgIpc) is 2.59. The molecular formula is C15H14F2N4O2. The molecule has 120 valence electrons. The van der Waals surface area contributed by atoms with Gasteiger partial charge in [0.1, 0.15) is 11.6 Å². The van der Waals surface area contributed by atoms with Crippen molar-refractivity contribution in [2.75, 3.05) is 36.5 Å². The zero-order valence-corrected chi connectivity index (χ0v) is 12.1. The van der Waals surface area contributed by atoms with E-state index >= 15 is 0 Å². The van der Waals surface area contributed by atoms with Gasteiger partial charge in [0.05, 0.1) is 18.9 Å². The Hall–Kier alpha value is -2.61. The predicted octanol–water partition coefficient (Wildman–Crippen LogP) is 1.84. The highest BCUT2D eigenvalue weighted by Gasteiger charge is 2.15. The minimum absolute atomic E-state index is 0.0191. The van der Waals surface area contributed by atoms with Gasteiger partial charge in [0.15, 0.2) is 11.5 Å². The van der Waals surface area contributed by atoms with E-state index < -0.39 is 17.5 Å². The number of hydrogen-bond donors (Lipinski definition) is 1. The number of nitrogens with zero attached hydrogens (tertiary/aromatic N) is 3. The van der Waals surface area contributed by atoms with Gasteiger partial charge in [0, 0.05) is 19.2 Å². The molecule has 3 rings (SSSR count). The Morgan fingerprint density at radius 1 is 1.13 bits per heavy atom. The van der Waals surface area contributed by atoms with E-state index in [1.165, 1.54) is 6.07 Å². The number of nitrogens with one attached hydrogen (secondary N) is 1. The van der Waals surface area contributed by atoms with Crippen LogP contribution in [0.25, 0.3) is 0 Å². The molecule has 1 aliphatic rings. The highest BCUT2D eigenvalue weighted by atomic mass is 19.1. The summed E-state index contributed by atoms with van der Waals surface area (Å²) < 4.78 is 31.9. The SMILES string of the molecule is O=C(Nc1cc(F)ccc1F)c1ccc(N2CCOCC2)nn1. The third-order valence-corrected chi connectivity index (χ3v) is 3.39. The molecule has 1 N–H and O–H groups in total. The van der Waals surface area contributed by atoms with Gasteiger partial charge < -0.3 is 15.0 Å². The predicted molar refractivity (Wildman–Crippen MR) is 79.4 cm³/mol. The van der Waals surface area contributed by atoms with Gasteiger partial charge in [0.25, 0.3) is 5.91 Å². The van der Waals surface area contributed by atoms with Crippen LogP contribution < -0.4 is 10.2 Å². The van der Waals surface area contributed by atoms with Crippen LogP contribution in [-0.2, 0) is 4.74 Å². The van der Waals surface area contributed by atoms with Gasteiger partial charge in [-0.3, -0.25) is 4.79 Å². The Morgan fingerprint density at radius 3 is 2.61 bits per heavy atom. The molecule has 1 aromatic carbocycles. The summed E-state index contributed by atoms with van der Waals surface area (Å²) in [5, 5.41) is 10.1. The third-order valence-electron chi connectivity index (χ3n) is 3.39. The summed E-state index contributed by atoms with van der Waals surface area (Å²) in [6.45, 7) is 2.63. The molecule has 2 heterocycles. The Kier molecular flexibility index (Phi) is 4.42. The lowest BCUT2D eigenvalue weighted by Gasteiger charge is -2.27. The van der Waals surface area contributed by atoms with Crippen LogP contribution in [0.3, 0.4) is 0 Å². The van der Waals surface area contributed by atoms with E-state index in [1.807, 2.05) is 4.90 Å². The van der Waals surface area contributed by atoms with Crippen molar-refractivity contribution in [1.29, 1.82) is 0 Å². The van der Waals surface area contributed by atoms with E-state index in [2.05, 4.69) is 15.5 Å². The summed E-state index contributed by atoms with van der Waals surface area (Å²) in [5.41, 5.74) is -0.222. The van der Waals surface area contributed by atoms with Crippen LogP contribution >= 0.6 is 0 Å². The van der Waals surface area contributed by atoms with Crippen LogP contribution in [0.2, 0.25) is 0 Å². The first-order valence-corrected chi connectivity index (χ1v) is 7.06. The number of carbonyl (C=O) groups is 1. The van der Waals surface area contributed by atoms with Crippen molar-refractivity contribution in [2.45, 2.75) is 0 Å². The van der Waals surface area contributed by atoms with Crippen molar-refractivity contribution >= 4 is 17.4 Å². The van der Waals surface area contributed by atoms with E-state index in [4.69, 9.17) is 4.74 Å². The fourth-order valence-electron chi connectivity index (χ4n) is 2.19. The van der Waals surface area contributed by atoms with Crippen molar-refractivity contribution in [1.82, 2.24) is 10.2 Å². The summed E-state index contributed by atoms with van der Waals surface area (Å²) in [6, 6.07) is 5.97. The van der Waals surface area contributed by atoms with Gasteiger partial charge >= 0.3 is 0 Å². The summed E-state index contributed by atoms with van der Waals surface area (Å²) in [6.07, 6.45) is 0. The monoisotopic (exact) mass is 320 g/mol. The molecule has 23 heavy (non-hydrogen) atoms. The van der Waals surface area contributed by atoms with Crippen molar-refractivity contribution in [3.05, 3.63) is 47.7 Å². The van der Waals surface area contributed by atoms with Gasteiger partial charge in [0.2, 0.25) is 0 Å². The van der Waals surface area contributed by atoms with Crippen LogP contribution in [0.15, 0.2) is 30.3 Å². The van der Waals surface area contributed by atoms with Crippen molar-refractivity contribution < 1.29 is 18.3 Å². The number of amides is 1. The molecule has 6 nitrogen and oxygen atoms in total. The van der Waals surface area contributed by atoms with Crippen molar-refractivity contribution in [2.24, 2.45) is 0 Å². The second kappa shape index (κ2) is 6.66. The van der Waals surface area contributed by atoms with Crippen LogP contribution in [0, 0.1) is 11.6 Å². The molecule has 0 unspecified atom stereocenters. The smallest absolute Gasteiger partial charge is 0.276 e. The molecule has 0 radical (unpaired) electrons. The second-order valence-electron chi connectivity index (χ2n) is 4.95. The van der Waals surface area contributed by atoms with Crippen LogP contribution in [0.4, 0.5) is 20.3 Å². The number of benzene rings is 1. The zero-order valence-electron chi connectivity index (χ0n) is 12.1. The quantitative estimate of drug-likeness (QED) is 0.935. The number of rotatable bonds is 3. The normalized spacial score (nSPS) is 14.6. The second-order valence-corrected chi connectivity index (χ2v) is 4.95. The average molecular weight is 320 g/mol. The molecule has 1 aromatic heterocycles. The first-order chi connectivity index (χ1) is 11.1. The van der Waals surface area contributed by atoms with Crippen LogP contribution in [-0.4, -0.2) is 42.4 Å². The number of morpholine rings is 1. The molecule has 1 amide bonds. The highest BCUT2D eigenvalue weighted by molar-refractivity contribution is 6.02. The van der Waals surface area contributed by atoms with E-state index in [0.29, 0.717) is 32.1 Å². The summed E-state index contributed by atoms with van der Waals surface area (Å²) in [7, 11) is 0. The molecule has 0 bridgehead atoms. The number of aromatic nitrogens is 2. The molecule has 1 aliphatic heterocycles. The van der Waals surface area contributed by atoms with Gasteiger partial charge in [-0.15, -0.1) is 10.2 Å². The molecule has 0 atom stereocenters. The molecule has 0 aliphatic carbocycles. The topological polar surface area (TPSA) is 67.4 Å². The first-order valence-electron chi connectivity index (χ1n) is 7.06. The standard InChI is InChI=1S/C15H14F2N4O2/c16-10-1-2-11(17)13(9-10)18-15(22)12-3-4-14(20-19-12)21-5-7-23-8-6-21/h1-4,9H,5-8H2,(H,18,22). The number of ether oxygens (including phenoxy) is 1. The van der Waals surface area contributed by atoms with Gasteiger partial charge in [-0.25, -0.2) is 8.78 Å². The van der Waals surface area contributed by atoms with E-state index in [-0.39, 0.29) is 11.4 Å². The maximum Gasteiger partial charge on any atom is 0.276 e. The van der Waals surface area contributed by atoms with E-state index in [1.54, 1.807) is 6.07 Å². The summed E-state index contributed by atoms with van der Waals surface area (Å²) in [4.78, 5) is 14.0. The lowest BCUT2D eigenvalue weighted by atomic mass is 10.2. The molecule has 8 heteroatoms. The Balaban J connectivity index is 1.71. The largest absolute Gasteiger partial charge is 0.378 e. The maximum atomic E-state index is 13.5. The highest BCUT2D eigenvalue weighted by Crippen LogP contribution is 2.17. The Labute approximate surface area is 131 Å². The van der Waals surface area contributed by atoms with Gasteiger partial charge in [-0.1, -0.05) is 0 Å². The summed E-state index contributed by atoms with van der Waals surface area (Å²) >= 11 is 0. The van der Waals surface area contributed by atoms with Crippen LogP contribution in [0.5, 0.6) is 0 Å². The minimum atomic E-state index is -0.724. The van der Waals surface area contributed by atoms with E-state index in [9.17, 15) is 13.6 Å². The fourth-order valence-corrected chi connectivity index (χ4v) is 2.19. The number of hydrogen-bond acceptors (Lipinski definition) is 5. The molecule has 1 fully saturated rings. The molecule has 0 saturated carbocycles. The molecular weight excluding hydrogens is 306 g/mol. The van der Waals surface area contributed by atoms with Gasteiger partial charge in [-0.05, 0) is 24.3 Å². The Morgan fingerprint density at radius 2 is 1.91 bits per heavy atom. The molecule has 0 spiro atoms. The molecule has 2 aromatic rings. The number of halogens is 2. The lowest BCUT2D eigenvalue weighted by Crippen LogP contribution is -2.37. The van der Waals surface area contributed by atoms with Crippen molar-refractivity contribution in [3.8, 4) is 0 Å². The third kappa shape index (κ3) is 3.59. The first kappa shape index (κ1) is 15.3. The number of carbonyl (C=O) groups excluding carboxylic acids is 1. The zero-order chi connectivity index (χ0) is 16.2. The van der Waals surface area contributed by atoms with E-state index in [0.717, 1.165) is 18.2 Å². The Bertz CT molecular complexity index is 703. The number of anilines is 2. The van der Waals surface area contributed by atoms with Crippen LogP contribution in [0.1, 0.15) is 10.5 Å². The lowest BCUT2D eigenvalue weighted by molar-refractivity contribution is 0.102. The fraction of sp³-hybridized carbons (Fsp3) is 0.267. The molecule has 1 saturated heterocycles. The minimum Gasteiger partial charge on any atom is -0.378 e. The summed E-state index contributed by atoms with van der Waals surface area (Å²) in [5.74, 6) is -1.38. The van der Waals surface area contributed by atoms with Crippen molar-refractivity contribution in [3.63, 3.8) is 0 Å².